The molecular weight excluding hydrogens is 154 g/mol. The van der Waals surface area contributed by atoms with Crippen molar-refractivity contribution in [1.82, 2.24) is 4.98 Å². The number of rotatable bonds is 4. The highest BCUT2D eigenvalue weighted by Gasteiger charge is 1.95. The van der Waals surface area contributed by atoms with Gasteiger partial charge in [0.15, 0.2) is 0 Å². The number of aromatic nitrogens is 1. The molecule has 0 amide bonds. The SMILES string of the molecule is COCCc1ccnc(OC)c1. The van der Waals surface area contributed by atoms with E-state index in [1.807, 2.05) is 12.1 Å². The molecule has 0 aliphatic carbocycles. The summed E-state index contributed by atoms with van der Waals surface area (Å²) in [5.41, 5.74) is 1.18. The molecule has 66 valence electrons. The molecule has 3 heteroatoms. The zero-order valence-electron chi connectivity index (χ0n) is 7.41. The van der Waals surface area contributed by atoms with Crippen molar-refractivity contribution in [3.63, 3.8) is 0 Å². The topological polar surface area (TPSA) is 31.4 Å². The number of ether oxygens (including phenoxy) is 2. The summed E-state index contributed by atoms with van der Waals surface area (Å²) in [5, 5.41) is 0. The van der Waals surface area contributed by atoms with Gasteiger partial charge in [0.25, 0.3) is 0 Å². The van der Waals surface area contributed by atoms with Crippen molar-refractivity contribution >= 4 is 0 Å². The second kappa shape index (κ2) is 4.72. The van der Waals surface area contributed by atoms with Gasteiger partial charge in [-0.1, -0.05) is 0 Å². The number of hydrogen-bond acceptors (Lipinski definition) is 3. The quantitative estimate of drug-likeness (QED) is 0.677. The van der Waals surface area contributed by atoms with Crippen molar-refractivity contribution in [3.8, 4) is 5.88 Å². The van der Waals surface area contributed by atoms with Gasteiger partial charge in [-0.15, -0.1) is 0 Å². The lowest BCUT2D eigenvalue weighted by atomic mass is 10.2. The number of hydrogen-bond donors (Lipinski definition) is 0. The van der Waals surface area contributed by atoms with E-state index in [0.29, 0.717) is 5.88 Å². The first-order valence-electron chi connectivity index (χ1n) is 3.84. The molecule has 0 aliphatic rings. The highest BCUT2D eigenvalue weighted by molar-refractivity contribution is 5.20. The molecule has 0 unspecified atom stereocenters. The summed E-state index contributed by atoms with van der Waals surface area (Å²) in [5.74, 6) is 0.656. The minimum Gasteiger partial charge on any atom is -0.481 e. The molecule has 0 saturated heterocycles. The first-order chi connectivity index (χ1) is 5.86. The van der Waals surface area contributed by atoms with Gasteiger partial charge in [0.2, 0.25) is 5.88 Å². The van der Waals surface area contributed by atoms with E-state index in [9.17, 15) is 0 Å². The predicted molar refractivity (Wildman–Crippen MR) is 46.4 cm³/mol. The molecule has 1 aromatic heterocycles. The number of pyridine rings is 1. The Kier molecular flexibility index (Phi) is 3.54. The molecule has 0 radical (unpaired) electrons. The Hall–Kier alpha value is -1.09. The lowest BCUT2D eigenvalue weighted by molar-refractivity contribution is 0.202. The fourth-order valence-corrected chi connectivity index (χ4v) is 0.937. The van der Waals surface area contributed by atoms with Crippen LogP contribution in [-0.4, -0.2) is 25.8 Å². The maximum absolute atomic E-state index is 4.98. The first-order valence-corrected chi connectivity index (χ1v) is 3.84. The molecule has 0 aliphatic heterocycles. The molecule has 0 atom stereocenters. The van der Waals surface area contributed by atoms with Gasteiger partial charge >= 0.3 is 0 Å². The molecular formula is C9H13NO2. The second-order valence-corrected chi connectivity index (χ2v) is 2.45. The molecule has 1 heterocycles. The van der Waals surface area contributed by atoms with Crippen LogP contribution in [0.1, 0.15) is 5.56 Å². The van der Waals surface area contributed by atoms with E-state index in [0.717, 1.165) is 13.0 Å². The van der Waals surface area contributed by atoms with Crippen LogP contribution in [0, 0.1) is 0 Å². The van der Waals surface area contributed by atoms with Crippen LogP contribution in [0.25, 0.3) is 0 Å². The van der Waals surface area contributed by atoms with Crippen molar-refractivity contribution in [2.45, 2.75) is 6.42 Å². The van der Waals surface area contributed by atoms with Crippen LogP contribution in [0.4, 0.5) is 0 Å². The Morgan fingerprint density at radius 3 is 2.92 bits per heavy atom. The molecule has 0 fully saturated rings. The van der Waals surface area contributed by atoms with Gasteiger partial charge in [-0.05, 0) is 18.1 Å². The lowest BCUT2D eigenvalue weighted by Gasteiger charge is -2.02. The third-order valence-electron chi connectivity index (χ3n) is 1.60. The minimum absolute atomic E-state index is 0.656. The molecule has 0 aromatic carbocycles. The summed E-state index contributed by atoms with van der Waals surface area (Å²) in [6.07, 6.45) is 2.64. The highest BCUT2D eigenvalue weighted by Crippen LogP contribution is 2.08. The molecule has 0 saturated carbocycles. The third kappa shape index (κ3) is 2.51. The van der Waals surface area contributed by atoms with Crippen molar-refractivity contribution in [1.29, 1.82) is 0 Å². The Morgan fingerprint density at radius 2 is 2.25 bits per heavy atom. The van der Waals surface area contributed by atoms with E-state index in [1.54, 1.807) is 20.4 Å². The number of nitrogens with zero attached hydrogens (tertiary/aromatic N) is 1. The van der Waals surface area contributed by atoms with Gasteiger partial charge < -0.3 is 9.47 Å². The van der Waals surface area contributed by atoms with Crippen molar-refractivity contribution in [3.05, 3.63) is 23.9 Å². The van der Waals surface area contributed by atoms with E-state index >= 15 is 0 Å². The monoisotopic (exact) mass is 167 g/mol. The molecule has 3 nitrogen and oxygen atoms in total. The van der Waals surface area contributed by atoms with Gasteiger partial charge in [0.1, 0.15) is 0 Å². The zero-order chi connectivity index (χ0) is 8.81. The summed E-state index contributed by atoms with van der Waals surface area (Å²) in [7, 11) is 3.31. The molecule has 0 N–H and O–H groups in total. The Balaban J connectivity index is 2.60. The lowest BCUT2D eigenvalue weighted by Crippen LogP contribution is -1.95. The van der Waals surface area contributed by atoms with Crippen molar-refractivity contribution in [2.75, 3.05) is 20.8 Å². The van der Waals surface area contributed by atoms with E-state index in [1.165, 1.54) is 5.56 Å². The van der Waals surface area contributed by atoms with Crippen molar-refractivity contribution in [2.24, 2.45) is 0 Å². The van der Waals surface area contributed by atoms with Crippen LogP contribution in [0.15, 0.2) is 18.3 Å². The van der Waals surface area contributed by atoms with Crippen LogP contribution >= 0.6 is 0 Å². The summed E-state index contributed by atoms with van der Waals surface area (Å²) in [6, 6.07) is 3.88. The second-order valence-electron chi connectivity index (χ2n) is 2.45. The van der Waals surface area contributed by atoms with E-state index in [4.69, 9.17) is 9.47 Å². The molecule has 0 spiro atoms. The molecule has 12 heavy (non-hydrogen) atoms. The summed E-state index contributed by atoms with van der Waals surface area (Å²) in [4.78, 5) is 4.00. The minimum atomic E-state index is 0.656. The molecule has 1 rings (SSSR count). The smallest absolute Gasteiger partial charge is 0.213 e. The number of methoxy groups -OCH3 is 2. The maximum Gasteiger partial charge on any atom is 0.213 e. The summed E-state index contributed by atoms with van der Waals surface area (Å²) < 4.78 is 9.94. The Morgan fingerprint density at radius 1 is 1.42 bits per heavy atom. The third-order valence-corrected chi connectivity index (χ3v) is 1.60. The van der Waals surface area contributed by atoms with Crippen LogP contribution in [0.2, 0.25) is 0 Å². The largest absolute Gasteiger partial charge is 0.481 e. The first kappa shape index (κ1) is 9.00. The molecule has 1 aromatic rings. The summed E-state index contributed by atoms with van der Waals surface area (Å²) >= 11 is 0. The normalized spacial score (nSPS) is 9.83. The van der Waals surface area contributed by atoms with Crippen LogP contribution in [0.3, 0.4) is 0 Å². The Bertz CT molecular complexity index is 238. The van der Waals surface area contributed by atoms with Gasteiger partial charge in [-0.25, -0.2) is 4.98 Å². The van der Waals surface area contributed by atoms with E-state index in [2.05, 4.69) is 4.98 Å². The van der Waals surface area contributed by atoms with E-state index in [-0.39, 0.29) is 0 Å². The van der Waals surface area contributed by atoms with Crippen molar-refractivity contribution < 1.29 is 9.47 Å². The van der Waals surface area contributed by atoms with Gasteiger partial charge in [-0.3, -0.25) is 0 Å². The average molecular weight is 167 g/mol. The van der Waals surface area contributed by atoms with E-state index < -0.39 is 0 Å². The highest BCUT2D eigenvalue weighted by atomic mass is 16.5. The standard InChI is InChI=1S/C9H13NO2/c1-11-6-4-8-3-5-10-9(7-8)12-2/h3,5,7H,4,6H2,1-2H3. The average Bonchev–Trinajstić information content (AvgIpc) is 2.15. The van der Waals surface area contributed by atoms with Crippen LogP contribution in [0.5, 0.6) is 5.88 Å². The van der Waals surface area contributed by atoms with Gasteiger partial charge in [-0.2, -0.15) is 0 Å². The van der Waals surface area contributed by atoms with Crippen LogP contribution in [-0.2, 0) is 11.2 Å². The zero-order valence-corrected chi connectivity index (χ0v) is 7.41. The van der Waals surface area contributed by atoms with Gasteiger partial charge in [0, 0.05) is 19.4 Å². The predicted octanol–water partition coefficient (Wildman–Crippen LogP) is 1.28. The fourth-order valence-electron chi connectivity index (χ4n) is 0.937. The molecule has 0 bridgehead atoms. The van der Waals surface area contributed by atoms with Gasteiger partial charge in [0.05, 0.1) is 13.7 Å². The Labute approximate surface area is 72.3 Å². The summed E-state index contributed by atoms with van der Waals surface area (Å²) in [6.45, 7) is 0.729. The fraction of sp³-hybridized carbons (Fsp3) is 0.444. The maximum atomic E-state index is 4.98. The van der Waals surface area contributed by atoms with Crippen LogP contribution < -0.4 is 4.74 Å².